The van der Waals surface area contributed by atoms with Crippen molar-refractivity contribution in [2.75, 3.05) is 6.54 Å². The molecule has 4 nitrogen and oxygen atoms in total. The van der Waals surface area contributed by atoms with Gasteiger partial charge in [-0.25, -0.2) is 0 Å². The van der Waals surface area contributed by atoms with Crippen molar-refractivity contribution in [3.63, 3.8) is 0 Å². The Labute approximate surface area is 69.6 Å². The summed E-state index contributed by atoms with van der Waals surface area (Å²) >= 11 is -2.18. The number of nitrogens with two attached hydrogens (primary N) is 1. The third-order valence-corrected chi connectivity index (χ3v) is 1.87. The summed E-state index contributed by atoms with van der Waals surface area (Å²) in [4.78, 5) is 0. The van der Waals surface area contributed by atoms with Gasteiger partial charge in [-0.1, -0.05) is 0 Å². The minimum absolute atomic E-state index is 0.557. The van der Waals surface area contributed by atoms with Gasteiger partial charge >= 0.3 is 11.4 Å². The average Bonchev–Trinajstić information content (AvgIpc) is 1.81. The molecule has 0 spiro atoms. The third kappa shape index (κ3) is 6.43. The first-order chi connectivity index (χ1) is 4.98. The van der Waals surface area contributed by atoms with E-state index in [-0.39, 0.29) is 0 Å². The molecule has 5 heteroatoms. The average molecular weight is 181 g/mol. The Balaban J connectivity index is 3.70. The van der Waals surface area contributed by atoms with Crippen molar-refractivity contribution in [3.8, 4) is 0 Å². The van der Waals surface area contributed by atoms with Gasteiger partial charge < -0.3 is 5.73 Å². The van der Waals surface area contributed by atoms with Crippen LogP contribution in [-0.4, -0.2) is 20.9 Å². The van der Waals surface area contributed by atoms with Crippen molar-refractivity contribution >= 4 is 11.4 Å². The Kier molecular flexibility index (Phi) is 4.83. The van der Waals surface area contributed by atoms with Crippen molar-refractivity contribution in [3.05, 3.63) is 0 Å². The van der Waals surface area contributed by atoms with E-state index in [1.807, 2.05) is 0 Å². The van der Waals surface area contributed by atoms with Gasteiger partial charge in [-0.2, -0.15) is 4.21 Å². The molecule has 11 heavy (non-hydrogen) atoms. The molecule has 0 rings (SSSR count). The standard InChI is InChI=1S/C6H15NO3S/c1-6(2,4-3-5-7)10-11(8)9/h3-5,7H2,1-2H3,(H,8,9). The van der Waals surface area contributed by atoms with E-state index in [0.29, 0.717) is 13.0 Å². The molecule has 0 radical (unpaired) electrons. The lowest BCUT2D eigenvalue weighted by Gasteiger charge is -2.21. The smallest absolute Gasteiger partial charge is 0.302 e. The van der Waals surface area contributed by atoms with Crippen LogP contribution < -0.4 is 5.73 Å². The van der Waals surface area contributed by atoms with E-state index >= 15 is 0 Å². The molecule has 0 saturated heterocycles. The molecular formula is C6H15NO3S. The van der Waals surface area contributed by atoms with E-state index in [9.17, 15) is 4.21 Å². The Morgan fingerprint density at radius 1 is 1.64 bits per heavy atom. The lowest BCUT2D eigenvalue weighted by molar-refractivity contribution is 0.103. The minimum atomic E-state index is -2.18. The zero-order chi connectivity index (χ0) is 8.91. The summed E-state index contributed by atoms with van der Waals surface area (Å²) in [6.45, 7) is 4.10. The Morgan fingerprint density at radius 3 is 2.55 bits per heavy atom. The topological polar surface area (TPSA) is 72.5 Å². The Hall–Kier alpha value is 0.0300. The highest BCUT2D eigenvalue weighted by atomic mass is 32.2. The molecule has 0 heterocycles. The van der Waals surface area contributed by atoms with Gasteiger partial charge in [-0.05, 0) is 33.2 Å². The predicted octanol–water partition coefficient (Wildman–Crippen LogP) is 0.657. The molecule has 1 atom stereocenters. The molecule has 0 amide bonds. The number of hydrogen-bond acceptors (Lipinski definition) is 3. The number of hydrogen-bond donors (Lipinski definition) is 2. The molecule has 3 N–H and O–H groups in total. The maximum absolute atomic E-state index is 10.2. The van der Waals surface area contributed by atoms with Gasteiger partial charge in [0.15, 0.2) is 0 Å². The summed E-state index contributed by atoms with van der Waals surface area (Å²) in [5, 5.41) is 0. The fraction of sp³-hybridized carbons (Fsp3) is 1.00. The molecule has 68 valence electrons. The fourth-order valence-electron chi connectivity index (χ4n) is 0.762. The summed E-state index contributed by atoms with van der Waals surface area (Å²) in [5.74, 6) is 0. The largest absolute Gasteiger partial charge is 0.330 e. The summed E-state index contributed by atoms with van der Waals surface area (Å²) < 4.78 is 23.4. The van der Waals surface area contributed by atoms with Crippen LogP contribution in [0.3, 0.4) is 0 Å². The van der Waals surface area contributed by atoms with E-state index in [2.05, 4.69) is 0 Å². The Bertz CT molecular complexity index is 138. The molecule has 0 fully saturated rings. The van der Waals surface area contributed by atoms with Crippen LogP contribution in [-0.2, 0) is 15.5 Å². The lowest BCUT2D eigenvalue weighted by Crippen LogP contribution is -2.26. The van der Waals surface area contributed by atoms with Gasteiger partial charge in [-0.3, -0.25) is 8.74 Å². The molecule has 0 aromatic carbocycles. The first kappa shape index (κ1) is 11.0. The molecular weight excluding hydrogens is 166 g/mol. The highest BCUT2D eigenvalue weighted by molar-refractivity contribution is 7.74. The van der Waals surface area contributed by atoms with Gasteiger partial charge in [0.1, 0.15) is 0 Å². The second kappa shape index (κ2) is 4.82. The summed E-state index contributed by atoms with van der Waals surface area (Å²) in [7, 11) is 0. The summed E-state index contributed by atoms with van der Waals surface area (Å²) in [5.41, 5.74) is 4.72. The van der Waals surface area contributed by atoms with E-state index in [0.717, 1.165) is 6.42 Å². The van der Waals surface area contributed by atoms with Gasteiger partial charge in [0.25, 0.3) is 0 Å². The van der Waals surface area contributed by atoms with Crippen molar-refractivity contribution in [2.45, 2.75) is 32.3 Å². The van der Waals surface area contributed by atoms with Gasteiger partial charge in [0.2, 0.25) is 0 Å². The lowest BCUT2D eigenvalue weighted by atomic mass is 10.0. The van der Waals surface area contributed by atoms with Crippen molar-refractivity contribution in [2.24, 2.45) is 5.73 Å². The molecule has 0 aliphatic rings. The van der Waals surface area contributed by atoms with Crippen LogP contribution >= 0.6 is 0 Å². The van der Waals surface area contributed by atoms with Crippen molar-refractivity contribution in [1.29, 1.82) is 0 Å². The monoisotopic (exact) mass is 181 g/mol. The fourth-order valence-corrected chi connectivity index (χ4v) is 1.23. The normalized spacial score (nSPS) is 14.9. The second-order valence-corrected chi connectivity index (χ2v) is 3.55. The van der Waals surface area contributed by atoms with Crippen LogP contribution in [0.2, 0.25) is 0 Å². The zero-order valence-electron chi connectivity index (χ0n) is 6.87. The molecule has 0 aliphatic heterocycles. The minimum Gasteiger partial charge on any atom is -0.330 e. The van der Waals surface area contributed by atoms with Crippen LogP contribution in [0, 0.1) is 0 Å². The first-order valence-corrected chi connectivity index (χ1v) is 4.51. The van der Waals surface area contributed by atoms with Gasteiger partial charge in [0.05, 0.1) is 5.60 Å². The molecule has 0 aliphatic carbocycles. The van der Waals surface area contributed by atoms with E-state index in [1.165, 1.54) is 0 Å². The van der Waals surface area contributed by atoms with Crippen LogP contribution in [0.1, 0.15) is 26.7 Å². The predicted molar refractivity (Wildman–Crippen MR) is 44.2 cm³/mol. The van der Waals surface area contributed by atoms with Gasteiger partial charge in [0, 0.05) is 0 Å². The first-order valence-electron chi connectivity index (χ1n) is 3.48. The van der Waals surface area contributed by atoms with Crippen molar-refractivity contribution < 1.29 is 12.9 Å². The van der Waals surface area contributed by atoms with Crippen LogP contribution in [0.15, 0.2) is 0 Å². The van der Waals surface area contributed by atoms with E-state index in [1.54, 1.807) is 13.8 Å². The summed E-state index contributed by atoms with van der Waals surface area (Å²) in [6.07, 6.45) is 1.49. The molecule has 1 unspecified atom stereocenters. The Morgan fingerprint density at radius 2 is 2.18 bits per heavy atom. The molecule has 0 saturated carbocycles. The second-order valence-electron chi connectivity index (χ2n) is 2.95. The maximum atomic E-state index is 10.2. The highest BCUT2D eigenvalue weighted by Crippen LogP contribution is 2.16. The van der Waals surface area contributed by atoms with Crippen LogP contribution in [0.5, 0.6) is 0 Å². The van der Waals surface area contributed by atoms with Crippen molar-refractivity contribution in [1.82, 2.24) is 0 Å². The molecule has 0 aromatic rings. The quantitative estimate of drug-likeness (QED) is 0.611. The number of rotatable bonds is 5. The molecule has 0 bridgehead atoms. The SMILES string of the molecule is CC(C)(CCCN)OS(=O)O. The van der Waals surface area contributed by atoms with E-state index in [4.69, 9.17) is 14.5 Å². The summed E-state index contributed by atoms with van der Waals surface area (Å²) in [6, 6.07) is 0. The highest BCUT2D eigenvalue weighted by Gasteiger charge is 2.20. The van der Waals surface area contributed by atoms with Gasteiger partial charge in [-0.15, -0.1) is 0 Å². The third-order valence-electron chi connectivity index (χ3n) is 1.28. The van der Waals surface area contributed by atoms with Crippen LogP contribution in [0.4, 0.5) is 0 Å². The maximum Gasteiger partial charge on any atom is 0.302 e. The zero-order valence-corrected chi connectivity index (χ0v) is 7.69. The molecule has 0 aromatic heterocycles. The van der Waals surface area contributed by atoms with E-state index < -0.39 is 17.0 Å². The van der Waals surface area contributed by atoms with Crippen LogP contribution in [0.25, 0.3) is 0 Å².